The van der Waals surface area contributed by atoms with Crippen LogP contribution in [-0.4, -0.2) is 56.5 Å². The van der Waals surface area contributed by atoms with Crippen LogP contribution >= 0.6 is 0 Å². The highest BCUT2D eigenvalue weighted by Gasteiger charge is 2.35. The third kappa shape index (κ3) is 3.01. The first-order valence-electron chi connectivity index (χ1n) is 8.45. The zero-order chi connectivity index (χ0) is 17.6. The molecule has 0 aromatic carbocycles. The predicted molar refractivity (Wildman–Crippen MR) is 86.0 cm³/mol. The Morgan fingerprint density at radius 1 is 1.32 bits per heavy atom. The van der Waals surface area contributed by atoms with E-state index >= 15 is 0 Å². The maximum Gasteiger partial charge on any atom is 0.273 e. The number of carbonyl (C=O) groups is 2. The summed E-state index contributed by atoms with van der Waals surface area (Å²) in [6.07, 6.45) is 4.01. The van der Waals surface area contributed by atoms with Gasteiger partial charge in [-0.1, -0.05) is 10.4 Å². The maximum atomic E-state index is 12.5. The fourth-order valence-electron chi connectivity index (χ4n) is 2.94. The van der Waals surface area contributed by atoms with Gasteiger partial charge in [-0.25, -0.2) is 4.68 Å². The van der Waals surface area contributed by atoms with E-state index in [4.69, 9.17) is 4.52 Å². The Bertz CT molecular complexity index is 796. The predicted octanol–water partition coefficient (Wildman–Crippen LogP) is 0.720. The molecule has 132 valence electrons. The number of aryl methyl sites for hydroxylation is 2. The molecule has 9 heteroatoms. The molecular formula is C16H20N6O3. The molecule has 1 N–H and O–H groups in total. The van der Waals surface area contributed by atoms with Crippen molar-refractivity contribution in [3.63, 3.8) is 0 Å². The summed E-state index contributed by atoms with van der Waals surface area (Å²) in [5, 5.41) is 14.7. The molecule has 2 aromatic rings. The zero-order valence-electron chi connectivity index (χ0n) is 14.2. The Morgan fingerprint density at radius 2 is 2.08 bits per heavy atom. The van der Waals surface area contributed by atoms with E-state index in [1.165, 1.54) is 12.8 Å². The van der Waals surface area contributed by atoms with E-state index in [1.807, 2.05) is 0 Å². The van der Waals surface area contributed by atoms with E-state index < -0.39 is 0 Å². The smallest absolute Gasteiger partial charge is 0.273 e. The van der Waals surface area contributed by atoms with Crippen LogP contribution in [0.5, 0.6) is 0 Å². The molecule has 2 fully saturated rings. The van der Waals surface area contributed by atoms with Crippen molar-refractivity contribution in [3.8, 4) is 0 Å². The molecule has 1 saturated carbocycles. The van der Waals surface area contributed by atoms with Crippen LogP contribution in [0.15, 0.2) is 10.7 Å². The summed E-state index contributed by atoms with van der Waals surface area (Å²) in [6, 6.07) is 0.0295. The van der Waals surface area contributed by atoms with Gasteiger partial charge in [-0.15, -0.1) is 5.10 Å². The van der Waals surface area contributed by atoms with Gasteiger partial charge in [-0.05, 0) is 32.6 Å². The maximum absolute atomic E-state index is 12.5. The van der Waals surface area contributed by atoms with Crippen LogP contribution in [0.25, 0.3) is 0 Å². The summed E-state index contributed by atoms with van der Waals surface area (Å²) in [5.41, 5.74) is 1.44. The number of amides is 2. The van der Waals surface area contributed by atoms with Gasteiger partial charge in [0, 0.05) is 19.6 Å². The molecule has 9 nitrogen and oxygen atoms in total. The monoisotopic (exact) mass is 344 g/mol. The van der Waals surface area contributed by atoms with Crippen molar-refractivity contribution >= 4 is 11.8 Å². The van der Waals surface area contributed by atoms with Gasteiger partial charge in [0.15, 0.2) is 5.69 Å². The molecule has 25 heavy (non-hydrogen) atoms. The Kier molecular flexibility index (Phi) is 3.78. The first kappa shape index (κ1) is 15.8. The average molecular weight is 344 g/mol. The highest BCUT2D eigenvalue weighted by Crippen LogP contribution is 2.28. The molecule has 2 aromatic heterocycles. The zero-order valence-corrected chi connectivity index (χ0v) is 14.2. The molecule has 2 aliphatic rings. The van der Waals surface area contributed by atoms with Crippen LogP contribution in [0.1, 0.15) is 51.2 Å². The summed E-state index contributed by atoms with van der Waals surface area (Å²) in [7, 11) is 0. The van der Waals surface area contributed by atoms with Gasteiger partial charge in [-0.2, -0.15) is 0 Å². The Labute approximate surface area is 144 Å². The minimum atomic E-state index is -0.193. The highest BCUT2D eigenvalue weighted by atomic mass is 16.5. The van der Waals surface area contributed by atoms with Crippen molar-refractivity contribution in [2.75, 3.05) is 19.6 Å². The number of likely N-dealkylation sites (tertiary alicyclic amines) is 1. The minimum absolute atomic E-state index is 0.0295. The summed E-state index contributed by atoms with van der Waals surface area (Å²) >= 11 is 0. The van der Waals surface area contributed by atoms with Gasteiger partial charge in [-0.3, -0.25) is 9.59 Å². The molecule has 0 bridgehead atoms. The van der Waals surface area contributed by atoms with Gasteiger partial charge in [0.25, 0.3) is 11.8 Å². The molecule has 0 spiro atoms. The first-order valence-corrected chi connectivity index (χ1v) is 8.45. The van der Waals surface area contributed by atoms with E-state index in [1.54, 1.807) is 29.6 Å². The molecule has 4 rings (SSSR count). The van der Waals surface area contributed by atoms with Gasteiger partial charge in [0.05, 0.1) is 17.9 Å². The van der Waals surface area contributed by atoms with Crippen LogP contribution in [0, 0.1) is 19.8 Å². The van der Waals surface area contributed by atoms with Crippen molar-refractivity contribution in [2.24, 2.45) is 5.92 Å². The lowest BCUT2D eigenvalue weighted by atomic mass is 10.1. The Hall–Kier alpha value is -2.71. The van der Waals surface area contributed by atoms with Crippen molar-refractivity contribution in [1.82, 2.24) is 30.4 Å². The van der Waals surface area contributed by atoms with E-state index in [0.717, 1.165) is 0 Å². The molecule has 1 aliphatic carbocycles. The van der Waals surface area contributed by atoms with Crippen LogP contribution < -0.4 is 5.32 Å². The van der Waals surface area contributed by atoms with Crippen molar-refractivity contribution in [1.29, 1.82) is 0 Å². The van der Waals surface area contributed by atoms with E-state index in [-0.39, 0.29) is 17.9 Å². The first-order chi connectivity index (χ1) is 12.0. The lowest BCUT2D eigenvalue weighted by Gasteiger charge is -2.38. The summed E-state index contributed by atoms with van der Waals surface area (Å²) in [5.74, 6) is 0.868. The Morgan fingerprint density at radius 3 is 2.72 bits per heavy atom. The number of aromatic nitrogens is 4. The number of nitrogens with one attached hydrogen (secondary N) is 1. The molecule has 0 atom stereocenters. The topological polar surface area (TPSA) is 106 Å². The summed E-state index contributed by atoms with van der Waals surface area (Å²) in [4.78, 5) is 26.2. The second kappa shape index (κ2) is 5.98. The molecule has 0 radical (unpaired) electrons. The normalized spacial score (nSPS) is 17.4. The lowest BCUT2D eigenvalue weighted by Crippen LogP contribution is -2.51. The molecule has 2 amide bonds. The average Bonchev–Trinajstić information content (AvgIpc) is 3.14. The quantitative estimate of drug-likeness (QED) is 0.856. The molecule has 1 saturated heterocycles. The second-order valence-corrected chi connectivity index (χ2v) is 6.80. The summed E-state index contributed by atoms with van der Waals surface area (Å²) in [6.45, 7) is 5.24. The van der Waals surface area contributed by atoms with Gasteiger partial charge in [0.2, 0.25) is 0 Å². The van der Waals surface area contributed by atoms with Gasteiger partial charge < -0.3 is 14.7 Å². The highest BCUT2D eigenvalue weighted by molar-refractivity contribution is 5.96. The molecular weight excluding hydrogens is 324 g/mol. The van der Waals surface area contributed by atoms with Crippen molar-refractivity contribution in [3.05, 3.63) is 28.9 Å². The SMILES string of the molecule is Cc1noc(C)c1C(=O)N1CC(n2cc(C(=O)NCC3CC3)nn2)C1. The molecule has 0 unspecified atom stereocenters. The van der Waals surface area contributed by atoms with Crippen LogP contribution in [0.3, 0.4) is 0 Å². The Balaban J connectivity index is 1.34. The molecule has 3 heterocycles. The fraction of sp³-hybridized carbons (Fsp3) is 0.562. The lowest BCUT2D eigenvalue weighted by molar-refractivity contribution is 0.0495. The number of hydrogen-bond donors (Lipinski definition) is 1. The second-order valence-electron chi connectivity index (χ2n) is 6.80. The van der Waals surface area contributed by atoms with Crippen molar-refractivity contribution in [2.45, 2.75) is 32.7 Å². The van der Waals surface area contributed by atoms with Crippen LogP contribution in [0.4, 0.5) is 0 Å². The van der Waals surface area contributed by atoms with Gasteiger partial charge in [0.1, 0.15) is 11.3 Å². The number of hydrogen-bond acceptors (Lipinski definition) is 6. The third-order valence-corrected chi connectivity index (χ3v) is 4.76. The minimum Gasteiger partial charge on any atom is -0.361 e. The van der Waals surface area contributed by atoms with E-state index in [2.05, 4.69) is 20.8 Å². The standard InChI is InChI=1S/C16H20N6O3/c1-9-14(10(2)25-19-9)16(24)21-6-12(7-21)22-8-13(18-20-22)15(23)17-5-11-3-4-11/h8,11-12H,3-7H2,1-2H3,(H,17,23). The largest absolute Gasteiger partial charge is 0.361 e. The third-order valence-electron chi connectivity index (χ3n) is 4.76. The van der Waals surface area contributed by atoms with Crippen LogP contribution in [0.2, 0.25) is 0 Å². The van der Waals surface area contributed by atoms with Crippen molar-refractivity contribution < 1.29 is 14.1 Å². The number of nitrogens with zero attached hydrogens (tertiary/aromatic N) is 5. The van der Waals surface area contributed by atoms with E-state index in [9.17, 15) is 9.59 Å². The summed E-state index contributed by atoms with van der Waals surface area (Å²) < 4.78 is 6.71. The fourth-order valence-corrected chi connectivity index (χ4v) is 2.94. The number of rotatable bonds is 5. The van der Waals surface area contributed by atoms with E-state index in [0.29, 0.717) is 48.3 Å². The number of carbonyl (C=O) groups excluding carboxylic acids is 2. The van der Waals surface area contributed by atoms with Gasteiger partial charge >= 0.3 is 0 Å². The molecule has 1 aliphatic heterocycles. The van der Waals surface area contributed by atoms with Crippen LogP contribution in [-0.2, 0) is 0 Å².